The van der Waals surface area contributed by atoms with Gasteiger partial charge in [0.25, 0.3) is 11.5 Å². The number of aromatic nitrogens is 2. The summed E-state index contributed by atoms with van der Waals surface area (Å²) in [7, 11) is 0. The molecule has 0 bridgehead atoms. The van der Waals surface area contributed by atoms with Gasteiger partial charge >= 0.3 is 0 Å². The molecule has 0 saturated carbocycles. The standard InChI is InChI=1S/C20H24N4O3S2/c1-4-21-16-14(18(25)23-9-6-8-13(3)17(23)22-16)12-15-19(26)24(20(28)29-15)10-7-11-27-5-2/h6,8-9,12,21H,4-5,7,10-11H2,1-3H3/b15-12+. The third-order valence-corrected chi connectivity index (χ3v) is 5.83. The minimum atomic E-state index is -0.226. The lowest BCUT2D eigenvalue weighted by atomic mass is 10.2. The second kappa shape index (κ2) is 9.51. The molecule has 0 aliphatic carbocycles. The zero-order valence-electron chi connectivity index (χ0n) is 16.7. The lowest BCUT2D eigenvalue weighted by Gasteiger charge is -2.14. The van der Waals surface area contributed by atoms with Crippen LogP contribution in [0.25, 0.3) is 11.7 Å². The molecule has 0 aromatic carbocycles. The molecule has 7 nitrogen and oxygen atoms in total. The first kappa shape index (κ1) is 21.5. The number of amides is 1. The Morgan fingerprint density at radius 1 is 1.34 bits per heavy atom. The van der Waals surface area contributed by atoms with Crippen LogP contribution < -0.4 is 10.9 Å². The van der Waals surface area contributed by atoms with Crippen LogP contribution in [0, 0.1) is 6.92 Å². The molecule has 2 aromatic rings. The Kier molecular flexibility index (Phi) is 7.05. The Morgan fingerprint density at radius 2 is 2.14 bits per heavy atom. The largest absolute Gasteiger partial charge is 0.382 e. The smallest absolute Gasteiger partial charge is 0.267 e. The Balaban J connectivity index is 1.98. The molecule has 1 amide bonds. The number of carbonyl (C=O) groups is 1. The maximum Gasteiger partial charge on any atom is 0.267 e. The first-order valence-electron chi connectivity index (χ1n) is 9.56. The SMILES string of the molecule is CCNc1nc2c(C)cccn2c(=O)c1/C=C1/SC(=S)N(CCCOCC)C1=O. The molecule has 154 valence electrons. The summed E-state index contributed by atoms with van der Waals surface area (Å²) in [5.74, 6) is 0.279. The molecule has 1 fully saturated rings. The van der Waals surface area contributed by atoms with Crippen LogP contribution in [-0.4, -0.2) is 50.8 Å². The fourth-order valence-corrected chi connectivity index (χ4v) is 4.33. The molecule has 1 aliphatic rings. The molecule has 0 spiro atoms. The first-order valence-corrected chi connectivity index (χ1v) is 10.8. The number of pyridine rings is 1. The highest BCUT2D eigenvalue weighted by Crippen LogP contribution is 2.33. The average Bonchev–Trinajstić information content (AvgIpc) is 2.96. The van der Waals surface area contributed by atoms with Crippen molar-refractivity contribution in [3.8, 4) is 0 Å². The second-order valence-electron chi connectivity index (χ2n) is 6.48. The molecular weight excluding hydrogens is 408 g/mol. The van der Waals surface area contributed by atoms with E-state index in [1.807, 2.05) is 26.8 Å². The predicted octanol–water partition coefficient (Wildman–Crippen LogP) is 3.06. The lowest BCUT2D eigenvalue weighted by Crippen LogP contribution is -2.29. The van der Waals surface area contributed by atoms with E-state index in [0.29, 0.717) is 59.0 Å². The fraction of sp³-hybridized carbons (Fsp3) is 0.400. The van der Waals surface area contributed by atoms with Crippen LogP contribution in [0.5, 0.6) is 0 Å². The van der Waals surface area contributed by atoms with Crippen molar-refractivity contribution in [1.82, 2.24) is 14.3 Å². The molecule has 0 unspecified atom stereocenters. The van der Waals surface area contributed by atoms with Crippen molar-refractivity contribution in [3.05, 3.63) is 44.7 Å². The van der Waals surface area contributed by atoms with Crippen molar-refractivity contribution in [2.24, 2.45) is 0 Å². The Bertz CT molecular complexity index is 1030. The van der Waals surface area contributed by atoms with Gasteiger partial charge in [-0.3, -0.25) is 18.9 Å². The van der Waals surface area contributed by atoms with Crippen LogP contribution in [-0.2, 0) is 9.53 Å². The predicted molar refractivity (Wildman–Crippen MR) is 121 cm³/mol. The van der Waals surface area contributed by atoms with Gasteiger partial charge in [-0.25, -0.2) is 4.98 Å². The van der Waals surface area contributed by atoms with Gasteiger partial charge in [0.15, 0.2) is 0 Å². The summed E-state index contributed by atoms with van der Waals surface area (Å²) in [5.41, 5.74) is 1.62. The van der Waals surface area contributed by atoms with Crippen LogP contribution in [0.4, 0.5) is 5.82 Å². The Hall–Kier alpha value is -2.23. The molecule has 1 N–H and O–H groups in total. The number of hydrogen-bond acceptors (Lipinski definition) is 7. The third kappa shape index (κ3) is 4.52. The van der Waals surface area contributed by atoms with Crippen molar-refractivity contribution >= 4 is 51.7 Å². The van der Waals surface area contributed by atoms with Gasteiger partial charge in [0.05, 0.1) is 10.5 Å². The van der Waals surface area contributed by atoms with Crippen molar-refractivity contribution in [2.75, 3.05) is 31.6 Å². The van der Waals surface area contributed by atoms with Gasteiger partial charge in [0.1, 0.15) is 15.8 Å². The zero-order chi connectivity index (χ0) is 21.0. The van der Waals surface area contributed by atoms with E-state index in [0.717, 1.165) is 5.56 Å². The summed E-state index contributed by atoms with van der Waals surface area (Å²) >= 11 is 6.58. The summed E-state index contributed by atoms with van der Waals surface area (Å²) in [6.07, 6.45) is 3.99. The van der Waals surface area contributed by atoms with E-state index in [9.17, 15) is 9.59 Å². The van der Waals surface area contributed by atoms with E-state index < -0.39 is 0 Å². The van der Waals surface area contributed by atoms with Crippen LogP contribution in [0.3, 0.4) is 0 Å². The van der Waals surface area contributed by atoms with Crippen LogP contribution >= 0.6 is 24.0 Å². The number of nitrogens with one attached hydrogen (secondary N) is 1. The monoisotopic (exact) mass is 432 g/mol. The molecule has 0 atom stereocenters. The number of carbonyl (C=O) groups excluding carboxylic acids is 1. The van der Waals surface area contributed by atoms with Crippen molar-refractivity contribution in [1.29, 1.82) is 0 Å². The topological polar surface area (TPSA) is 75.9 Å². The summed E-state index contributed by atoms with van der Waals surface area (Å²) in [4.78, 5) is 32.6. The first-order chi connectivity index (χ1) is 14.0. The molecule has 0 radical (unpaired) electrons. The Morgan fingerprint density at radius 3 is 2.86 bits per heavy atom. The van der Waals surface area contributed by atoms with Crippen LogP contribution in [0.15, 0.2) is 28.0 Å². The number of thioether (sulfide) groups is 1. The summed E-state index contributed by atoms with van der Waals surface area (Å²) in [6.45, 7) is 8.09. The van der Waals surface area contributed by atoms with Gasteiger partial charge in [-0.15, -0.1) is 0 Å². The molecule has 9 heteroatoms. The number of fused-ring (bicyclic) bond motifs is 1. The van der Waals surface area contributed by atoms with E-state index >= 15 is 0 Å². The van der Waals surface area contributed by atoms with E-state index in [2.05, 4.69) is 10.3 Å². The molecule has 1 aliphatic heterocycles. The van der Waals surface area contributed by atoms with Crippen molar-refractivity contribution in [3.63, 3.8) is 0 Å². The van der Waals surface area contributed by atoms with E-state index in [1.54, 1.807) is 23.2 Å². The Labute approximate surface area is 179 Å². The number of rotatable bonds is 8. The number of ether oxygens (including phenoxy) is 1. The summed E-state index contributed by atoms with van der Waals surface area (Å²) in [6, 6.07) is 3.71. The third-order valence-electron chi connectivity index (χ3n) is 4.45. The van der Waals surface area contributed by atoms with Crippen LogP contribution in [0.2, 0.25) is 0 Å². The highest BCUT2D eigenvalue weighted by molar-refractivity contribution is 8.26. The van der Waals surface area contributed by atoms with Crippen molar-refractivity contribution < 1.29 is 9.53 Å². The van der Waals surface area contributed by atoms with Gasteiger partial charge < -0.3 is 10.1 Å². The van der Waals surface area contributed by atoms with Gasteiger partial charge in [-0.05, 0) is 44.9 Å². The number of nitrogens with zero attached hydrogens (tertiary/aromatic N) is 3. The average molecular weight is 433 g/mol. The summed E-state index contributed by atoms with van der Waals surface area (Å²) in [5, 5.41) is 3.14. The van der Waals surface area contributed by atoms with Gasteiger partial charge in [-0.1, -0.05) is 30.0 Å². The van der Waals surface area contributed by atoms with Crippen molar-refractivity contribution in [2.45, 2.75) is 27.2 Å². The van der Waals surface area contributed by atoms with Gasteiger partial charge in [0.2, 0.25) is 0 Å². The van der Waals surface area contributed by atoms with E-state index in [1.165, 1.54) is 16.2 Å². The van der Waals surface area contributed by atoms with E-state index in [4.69, 9.17) is 17.0 Å². The molecular formula is C20H24N4O3S2. The molecule has 3 heterocycles. The molecule has 1 saturated heterocycles. The highest BCUT2D eigenvalue weighted by Gasteiger charge is 2.32. The number of hydrogen-bond donors (Lipinski definition) is 1. The minimum absolute atomic E-state index is 0.187. The number of aryl methyl sites for hydroxylation is 1. The van der Waals surface area contributed by atoms with E-state index in [-0.39, 0.29) is 11.5 Å². The fourth-order valence-electron chi connectivity index (χ4n) is 3.04. The number of thiocarbonyl (C=S) groups is 1. The highest BCUT2D eigenvalue weighted by atomic mass is 32.2. The lowest BCUT2D eigenvalue weighted by molar-refractivity contribution is -0.122. The molecule has 2 aromatic heterocycles. The van der Waals surface area contributed by atoms with Gasteiger partial charge in [0, 0.05) is 32.5 Å². The normalized spacial score (nSPS) is 15.7. The van der Waals surface area contributed by atoms with Gasteiger partial charge in [-0.2, -0.15) is 0 Å². The quantitative estimate of drug-likeness (QED) is 0.390. The number of anilines is 1. The molecule has 29 heavy (non-hydrogen) atoms. The minimum Gasteiger partial charge on any atom is -0.382 e. The van der Waals surface area contributed by atoms with Crippen LogP contribution in [0.1, 0.15) is 31.4 Å². The molecule has 3 rings (SSSR count). The summed E-state index contributed by atoms with van der Waals surface area (Å²) < 4.78 is 7.33. The second-order valence-corrected chi connectivity index (χ2v) is 8.15. The zero-order valence-corrected chi connectivity index (χ0v) is 18.4. The maximum absolute atomic E-state index is 13.1. The maximum atomic E-state index is 13.1.